The number of amides is 2. The number of H-pyrrole nitrogens is 1. The number of fused-ring (bicyclic) bond motifs is 1. The van der Waals surface area contributed by atoms with E-state index in [2.05, 4.69) is 4.98 Å². The van der Waals surface area contributed by atoms with Crippen molar-refractivity contribution < 1.29 is 19.5 Å². The molecule has 1 saturated carbocycles. The number of benzene rings is 2. The van der Waals surface area contributed by atoms with Crippen molar-refractivity contribution in [2.75, 3.05) is 25.0 Å². The van der Waals surface area contributed by atoms with Crippen LogP contribution in [0.5, 0.6) is 0 Å². The van der Waals surface area contributed by atoms with Crippen molar-refractivity contribution in [1.82, 2.24) is 9.88 Å². The summed E-state index contributed by atoms with van der Waals surface area (Å²) >= 11 is 0. The fourth-order valence-corrected chi connectivity index (χ4v) is 6.04. The van der Waals surface area contributed by atoms with Crippen molar-refractivity contribution in [1.29, 1.82) is 0 Å². The van der Waals surface area contributed by atoms with E-state index in [-0.39, 0.29) is 29.3 Å². The van der Waals surface area contributed by atoms with Gasteiger partial charge >= 0.3 is 5.97 Å². The lowest BCUT2D eigenvalue weighted by Crippen LogP contribution is -2.50. The number of aromatic amines is 1. The van der Waals surface area contributed by atoms with Crippen LogP contribution in [0.3, 0.4) is 0 Å². The molecule has 1 saturated heterocycles. The van der Waals surface area contributed by atoms with Crippen LogP contribution in [0.25, 0.3) is 10.9 Å². The SMILES string of the molecule is CN(C(=O)C1[C@H](c2ccccc2)CCN1C(=O)[C@H]1CC[C@H](CN)CC1)c1ccc2[nH]c(C(=O)O)cc2c1. The van der Waals surface area contributed by atoms with E-state index >= 15 is 0 Å². The first kappa shape index (κ1) is 25.0. The average Bonchev–Trinajstić information content (AvgIpc) is 3.57. The van der Waals surface area contributed by atoms with Gasteiger partial charge in [0.1, 0.15) is 11.7 Å². The van der Waals surface area contributed by atoms with Crippen LogP contribution in [0, 0.1) is 11.8 Å². The standard InChI is InChI=1S/C29H34N4O4/c1-32(22-11-12-24-21(15-22)16-25(31-24)29(36)37)28(35)26-23(19-5-3-2-4-6-19)13-14-33(26)27(34)20-9-7-18(17-30)8-10-20/h2-6,11-12,15-16,18,20,23,26,31H,7-10,13-14,17,30H2,1H3,(H,36,37)/t18-,20-,23-,26?/m0/s1. The van der Waals surface area contributed by atoms with Gasteiger partial charge in [0.2, 0.25) is 11.8 Å². The molecule has 0 bridgehead atoms. The van der Waals surface area contributed by atoms with Gasteiger partial charge in [-0.3, -0.25) is 9.59 Å². The zero-order valence-electron chi connectivity index (χ0n) is 21.1. The molecule has 2 heterocycles. The Kier molecular flexibility index (Phi) is 7.02. The minimum Gasteiger partial charge on any atom is -0.477 e. The second kappa shape index (κ2) is 10.4. The molecular weight excluding hydrogens is 468 g/mol. The summed E-state index contributed by atoms with van der Waals surface area (Å²) in [4.78, 5) is 45.5. The van der Waals surface area contributed by atoms with Crippen LogP contribution in [0.15, 0.2) is 54.6 Å². The number of aromatic carboxylic acids is 1. The Morgan fingerprint density at radius 1 is 1.03 bits per heavy atom. The van der Waals surface area contributed by atoms with E-state index in [1.54, 1.807) is 30.1 Å². The number of likely N-dealkylation sites (tertiary alicyclic amines) is 1. The lowest BCUT2D eigenvalue weighted by atomic mass is 9.81. The molecular formula is C29H34N4O4. The first-order valence-electron chi connectivity index (χ1n) is 13.1. The molecule has 0 spiro atoms. The van der Waals surface area contributed by atoms with Gasteiger partial charge in [-0.2, -0.15) is 0 Å². The van der Waals surface area contributed by atoms with Gasteiger partial charge in [-0.25, -0.2) is 4.79 Å². The molecule has 2 fully saturated rings. The van der Waals surface area contributed by atoms with Crippen LogP contribution in [-0.2, 0) is 9.59 Å². The van der Waals surface area contributed by atoms with Gasteiger partial charge < -0.3 is 25.6 Å². The minimum absolute atomic E-state index is 0.0661. The number of anilines is 1. The van der Waals surface area contributed by atoms with Crippen LogP contribution in [0.1, 0.15) is 54.1 Å². The fraction of sp³-hybridized carbons (Fsp3) is 0.414. The molecule has 2 atom stereocenters. The zero-order chi connectivity index (χ0) is 26.1. The third-order valence-electron chi connectivity index (χ3n) is 8.24. The lowest BCUT2D eigenvalue weighted by Gasteiger charge is -2.35. The molecule has 1 aromatic heterocycles. The number of nitrogens with one attached hydrogen (secondary N) is 1. The third kappa shape index (κ3) is 4.85. The van der Waals surface area contributed by atoms with Gasteiger partial charge in [0.25, 0.3) is 0 Å². The molecule has 1 aliphatic carbocycles. The molecule has 4 N–H and O–H groups in total. The summed E-state index contributed by atoms with van der Waals surface area (Å²) in [5.74, 6) is -0.767. The van der Waals surface area contributed by atoms with Crippen LogP contribution >= 0.6 is 0 Å². The summed E-state index contributed by atoms with van der Waals surface area (Å²) in [6.07, 6.45) is 4.28. The number of aromatic nitrogens is 1. The van der Waals surface area contributed by atoms with E-state index in [1.165, 1.54) is 0 Å². The number of nitrogens with zero attached hydrogens (tertiary/aromatic N) is 2. The maximum atomic E-state index is 14.1. The molecule has 2 amide bonds. The number of nitrogens with two attached hydrogens (primary N) is 1. The van der Waals surface area contributed by atoms with E-state index in [4.69, 9.17) is 5.73 Å². The number of carbonyl (C=O) groups excluding carboxylic acids is 2. The van der Waals surface area contributed by atoms with Crippen molar-refractivity contribution in [2.45, 2.75) is 44.1 Å². The van der Waals surface area contributed by atoms with Gasteiger partial charge in [0.05, 0.1) is 0 Å². The quantitative estimate of drug-likeness (QED) is 0.471. The number of rotatable bonds is 6. The molecule has 1 unspecified atom stereocenters. The van der Waals surface area contributed by atoms with Crippen molar-refractivity contribution in [2.24, 2.45) is 17.6 Å². The van der Waals surface area contributed by atoms with Crippen LogP contribution in [-0.4, -0.2) is 59.0 Å². The lowest BCUT2D eigenvalue weighted by molar-refractivity contribution is -0.142. The molecule has 194 valence electrons. The molecule has 5 rings (SSSR count). The van der Waals surface area contributed by atoms with Crippen molar-refractivity contribution in [3.8, 4) is 0 Å². The summed E-state index contributed by atoms with van der Waals surface area (Å²) in [6, 6.07) is 16.3. The fourth-order valence-electron chi connectivity index (χ4n) is 6.04. The number of hydrogen-bond donors (Lipinski definition) is 3. The van der Waals surface area contributed by atoms with E-state index in [9.17, 15) is 19.5 Å². The molecule has 1 aliphatic heterocycles. The van der Waals surface area contributed by atoms with Crippen LogP contribution < -0.4 is 10.6 Å². The predicted octanol–water partition coefficient (Wildman–Crippen LogP) is 3.98. The third-order valence-corrected chi connectivity index (χ3v) is 8.24. The number of hydrogen-bond acceptors (Lipinski definition) is 4. The number of carboxylic acids is 1. The summed E-state index contributed by atoms with van der Waals surface area (Å²) < 4.78 is 0. The second-order valence-corrected chi connectivity index (χ2v) is 10.4. The molecule has 2 aromatic carbocycles. The highest BCUT2D eigenvalue weighted by atomic mass is 16.4. The monoisotopic (exact) mass is 502 g/mol. The Labute approximate surface area is 216 Å². The second-order valence-electron chi connectivity index (χ2n) is 10.4. The largest absolute Gasteiger partial charge is 0.477 e. The highest BCUT2D eigenvalue weighted by Crippen LogP contribution is 2.38. The number of likely N-dealkylation sites (N-methyl/N-ethyl adjacent to an activating group) is 1. The Morgan fingerprint density at radius 2 is 1.76 bits per heavy atom. The van der Waals surface area contributed by atoms with E-state index in [1.807, 2.05) is 41.3 Å². The Balaban J connectivity index is 1.43. The van der Waals surface area contributed by atoms with Gasteiger partial charge in [0, 0.05) is 42.0 Å². The average molecular weight is 503 g/mol. The van der Waals surface area contributed by atoms with Crippen molar-refractivity contribution in [3.05, 3.63) is 65.9 Å². The Bertz CT molecular complexity index is 1300. The molecule has 3 aromatic rings. The maximum absolute atomic E-state index is 14.1. The van der Waals surface area contributed by atoms with Crippen LogP contribution in [0.4, 0.5) is 5.69 Å². The smallest absolute Gasteiger partial charge is 0.352 e. The molecule has 8 heteroatoms. The normalized spacial score (nSPS) is 23.8. The van der Waals surface area contributed by atoms with Gasteiger partial charge in [-0.1, -0.05) is 30.3 Å². The minimum atomic E-state index is -1.03. The summed E-state index contributed by atoms with van der Waals surface area (Å²) in [6.45, 7) is 1.21. The van der Waals surface area contributed by atoms with Gasteiger partial charge in [-0.05, 0) is 74.4 Å². The molecule has 2 aliphatic rings. The first-order valence-corrected chi connectivity index (χ1v) is 13.1. The summed E-state index contributed by atoms with van der Waals surface area (Å²) in [5.41, 5.74) is 8.36. The predicted molar refractivity (Wildman–Crippen MR) is 142 cm³/mol. The number of carboxylic acid groups (broad SMARTS) is 1. The van der Waals surface area contributed by atoms with Crippen molar-refractivity contribution >= 4 is 34.4 Å². The molecule has 0 radical (unpaired) electrons. The first-order chi connectivity index (χ1) is 17.9. The Morgan fingerprint density at radius 3 is 2.43 bits per heavy atom. The molecule has 8 nitrogen and oxygen atoms in total. The van der Waals surface area contributed by atoms with E-state index < -0.39 is 12.0 Å². The summed E-state index contributed by atoms with van der Waals surface area (Å²) in [7, 11) is 1.73. The van der Waals surface area contributed by atoms with Gasteiger partial charge in [0.15, 0.2) is 0 Å². The zero-order valence-corrected chi connectivity index (χ0v) is 21.1. The van der Waals surface area contributed by atoms with E-state index in [0.29, 0.717) is 35.6 Å². The molecule has 37 heavy (non-hydrogen) atoms. The summed E-state index contributed by atoms with van der Waals surface area (Å²) in [5, 5.41) is 10.0. The van der Waals surface area contributed by atoms with Crippen molar-refractivity contribution in [3.63, 3.8) is 0 Å². The maximum Gasteiger partial charge on any atom is 0.352 e. The van der Waals surface area contributed by atoms with Crippen LogP contribution in [0.2, 0.25) is 0 Å². The topological polar surface area (TPSA) is 120 Å². The van der Waals surface area contributed by atoms with Gasteiger partial charge in [-0.15, -0.1) is 0 Å². The number of carbonyl (C=O) groups is 3. The highest BCUT2D eigenvalue weighted by molar-refractivity contribution is 6.02. The highest BCUT2D eigenvalue weighted by Gasteiger charge is 2.45. The van der Waals surface area contributed by atoms with E-state index in [0.717, 1.165) is 37.7 Å². The Hall–Kier alpha value is -3.65.